The number of piperazine rings is 1. The molecule has 0 bridgehead atoms. The highest BCUT2D eigenvalue weighted by Gasteiger charge is 2.41. The van der Waals surface area contributed by atoms with Gasteiger partial charge < -0.3 is 47.1 Å². The molecule has 19 nitrogen and oxygen atoms in total. The standard InChI is InChI=1S/C35H46Cl2N8O5S.3C2HF3O2/c1-21-18-22(2)42-33-24(21)7-4-10-29(33)50-20-26-27(36)11-12-30(32(26)37)51(48,49)43-28-9-3-8-25(28)34(47)45-16-14-44(15-17-45)31(46)19-23(38)6-5-13-41-35(39)40;3*3-2(4,5)1(6)7/h4,7,10-12,18,23,25,28,43H,3,5-6,8-9,13-17,19-20,38H2,1-2H3,(H4,39,40,41);3*(H,6,7)/t23-,25?,28?;;;/m0.../s1. The van der Waals surface area contributed by atoms with Gasteiger partial charge in [-0.25, -0.2) is 32.5 Å². The first-order valence-corrected chi connectivity index (χ1v) is 23.1. The number of amides is 2. The van der Waals surface area contributed by atoms with Crippen molar-refractivity contribution in [3.05, 3.63) is 63.3 Å². The fraction of sp³-hybridized carbons (Fsp3) is 0.488. The number of benzene rings is 2. The van der Waals surface area contributed by atoms with Gasteiger partial charge in [0.15, 0.2) is 5.96 Å². The zero-order chi connectivity index (χ0) is 55.1. The number of hydrogen-bond acceptors (Lipinski definition) is 11. The molecular weight excluding hydrogens is 1050 g/mol. The second-order valence-electron chi connectivity index (χ2n) is 15.7. The number of aliphatic imine (C=N–C) groups is 1. The molecule has 31 heteroatoms. The van der Waals surface area contributed by atoms with Gasteiger partial charge in [-0.2, -0.15) is 39.5 Å². The van der Waals surface area contributed by atoms with Crippen molar-refractivity contribution in [1.82, 2.24) is 19.5 Å². The van der Waals surface area contributed by atoms with E-state index in [-0.39, 0.29) is 51.8 Å². The van der Waals surface area contributed by atoms with Crippen molar-refractivity contribution in [2.75, 3.05) is 32.7 Å². The van der Waals surface area contributed by atoms with E-state index >= 15 is 0 Å². The summed E-state index contributed by atoms with van der Waals surface area (Å²) < 4.78 is 132. The molecule has 2 aliphatic rings. The van der Waals surface area contributed by atoms with Crippen LogP contribution in [0.2, 0.25) is 10.0 Å². The summed E-state index contributed by atoms with van der Waals surface area (Å²) in [6.45, 7) is 5.76. The Kier molecular flexibility index (Phi) is 23.1. The van der Waals surface area contributed by atoms with Crippen molar-refractivity contribution < 1.29 is 92.0 Å². The molecule has 2 fully saturated rings. The number of nitrogens with two attached hydrogens (primary N) is 3. The number of carboxylic acids is 3. The number of rotatable bonds is 13. The predicted molar refractivity (Wildman–Crippen MR) is 240 cm³/mol. The number of nitrogens with one attached hydrogen (secondary N) is 1. The van der Waals surface area contributed by atoms with Crippen molar-refractivity contribution in [2.24, 2.45) is 28.1 Å². The number of pyridine rings is 1. The third-order valence-corrected chi connectivity index (χ3v) is 12.7. The third-order valence-electron chi connectivity index (χ3n) is 10.2. The summed E-state index contributed by atoms with van der Waals surface area (Å²) in [6.07, 6.45) is -12.0. The number of para-hydroxylation sites is 1. The monoisotopic (exact) mass is 1100 g/mol. The van der Waals surface area contributed by atoms with Gasteiger partial charge in [0.2, 0.25) is 21.8 Å². The minimum absolute atomic E-state index is 0.0241. The molecule has 10 N–H and O–H groups in total. The number of carbonyl (C=O) groups excluding carboxylic acids is 2. The number of alkyl halides is 9. The molecule has 72 heavy (non-hydrogen) atoms. The summed E-state index contributed by atoms with van der Waals surface area (Å²) in [4.78, 5) is 65.1. The number of ether oxygens (including phenoxy) is 1. The lowest BCUT2D eigenvalue weighted by Gasteiger charge is -2.37. The van der Waals surface area contributed by atoms with Crippen LogP contribution in [0.1, 0.15) is 55.3 Å². The molecule has 1 saturated heterocycles. The number of aromatic nitrogens is 1. The van der Waals surface area contributed by atoms with Gasteiger partial charge in [0.1, 0.15) is 22.8 Å². The Morgan fingerprint density at radius 2 is 1.39 bits per heavy atom. The van der Waals surface area contributed by atoms with Crippen molar-refractivity contribution in [1.29, 1.82) is 0 Å². The molecule has 5 rings (SSSR count). The highest BCUT2D eigenvalue weighted by Crippen LogP contribution is 2.36. The van der Waals surface area contributed by atoms with Crippen LogP contribution in [-0.2, 0) is 40.6 Å². The molecule has 1 saturated carbocycles. The van der Waals surface area contributed by atoms with E-state index in [0.717, 1.165) is 16.6 Å². The zero-order valence-electron chi connectivity index (χ0n) is 37.9. The van der Waals surface area contributed by atoms with Gasteiger partial charge in [-0.15, -0.1) is 0 Å². The number of aliphatic carboxylic acids is 3. The lowest BCUT2D eigenvalue weighted by atomic mass is 10.0. The normalized spacial score (nSPS) is 16.4. The minimum atomic E-state index is -5.08. The molecule has 1 aliphatic carbocycles. The number of carboxylic acid groups (broad SMARTS) is 3. The molecule has 2 amide bonds. The predicted octanol–water partition coefficient (Wildman–Crippen LogP) is 5.53. The number of guanidine groups is 1. The van der Waals surface area contributed by atoms with Crippen LogP contribution in [0.15, 0.2) is 46.3 Å². The van der Waals surface area contributed by atoms with Gasteiger partial charge in [0.05, 0.1) is 10.9 Å². The Morgan fingerprint density at radius 1 is 0.861 bits per heavy atom. The van der Waals surface area contributed by atoms with E-state index in [1.54, 1.807) is 15.9 Å². The maximum absolute atomic E-state index is 13.8. The Hall–Kier alpha value is -5.91. The minimum Gasteiger partial charge on any atom is -0.487 e. The van der Waals surface area contributed by atoms with Crippen molar-refractivity contribution in [3.8, 4) is 5.75 Å². The van der Waals surface area contributed by atoms with E-state index in [0.29, 0.717) is 81.7 Å². The van der Waals surface area contributed by atoms with Crippen LogP contribution in [0.5, 0.6) is 5.75 Å². The van der Waals surface area contributed by atoms with E-state index < -0.39 is 58.4 Å². The van der Waals surface area contributed by atoms with Gasteiger partial charge in [0, 0.05) is 72.9 Å². The van der Waals surface area contributed by atoms with Crippen LogP contribution in [0.3, 0.4) is 0 Å². The molecule has 2 heterocycles. The first kappa shape index (κ1) is 62.2. The van der Waals surface area contributed by atoms with Gasteiger partial charge >= 0.3 is 36.4 Å². The second kappa shape index (κ2) is 26.7. The van der Waals surface area contributed by atoms with Gasteiger partial charge in [0.25, 0.3) is 0 Å². The molecule has 2 aromatic carbocycles. The number of fused-ring (bicyclic) bond motifs is 1. The summed E-state index contributed by atoms with van der Waals surface area (Å²) in [5.74, 6) is -8.46. The summed E-state index contributed by atoms with van der Waals surface area (Å²) in [5.41, 5.74) is 19.7. The van der Waals surface area contributed by atoms with Crippen LogP contribution >= 0.6 is 23.2 Å². The fourth-order valence-corrected chi connectivity index (χ4v) is 9.02. The van der Waals surface area contributed by atoms with Crippen molar-refractivity contribution in [3.63, 3.8) is 0 Å². The van der Waals surface area contributed by atoms with Crippen LogP contribution in [0.4, 0.5) is 39.5 Å². The molecule has 0 radical (unpaired) electrons. The molecule has 1 aromatic heterocycles. The first-order chi connectivity index (χ1) is 33.1. The van der Waals surface area contributed by atoms with Crippen LogP contribution in [0.25, 0.3) is 10.9 Å². The highest BCUT2D eigenvalue weighted by molar-refractivity contribution is 7.89. The molecular formula is C41H49Cl2F9N8O11S. The average Bonchev–Trinajstić information content (AvgIpc) is 3.71. The van der Waals surface area contributed by atoms with E-state index in [1.807, 2.05) is 32.0 Å². The quantitative estimate of drug-likeness (QED) is 0.0479. The smallest absolute Gasteiger partial charge is 0.487 e. The van der Waals surface area contributed by atoms with Crippen LogP contribution in [0, 0.1) is 19.8 Å². The third kappa shape index (κ3) is 19.6. The summed E-state index contributed by atoms with van der Waals surface area (Å²) in [6, 6.07) is 9.54. The average molecular weight is 1100 g/mol. The molecule has 3 aromatic rings. The number of sulfonamides is 1. The topological polar surface area (TPSA) is 311 Å². The zero-order valence-corrected chi connectivity index (χ0v) is 40.2. The largest absolute Gasteiger partial charge is 0.490 e. The summed E-state index contributed by atoms with van der Waals surface area (Å²) in [7, 11) is -4.15. The Labute approximate surface area is 414 Å². The van der Waals surface area contributed by atoms with E-state index in [9.17, 15) is 57.5 Å². The maximum atomic E-state index is 13.8. The highest BCUT2D eigenvalue weighted by atomic mass is 35.5. The number of hydrogen-bond donors (Lipinski definition) is 7. The van der Waals surface area contributed by atoms with Crippen LogP contribution in [-0.4, -0.2) is 138 Å². The number of aryl methyl sites for hydroxylation is 2. The van der Waals surface area contributed by atoms with Crippen molar-refractivity contribution in [2.45, 2.75) is 94.5 Å². The number of carbonyl (C=O) groups is 5. The number of halogens is 11. The molecule has 0 spiro atoms. The molecule has 1 aliphatic heterocycles. The maximum Gasteiger partial charge on any atom is 0.490 e. The lowest BCUT2D eigenvalue weighted by Crippen LogP contribution is -2.54. The first-order valence-electron chi connectivity index (χ1n) is 20.8. The number of nitrogens with zero attached hydrogens (tertiary/aromatic N) is 4. The SMILES string of the molecule is Cc1cc(C)c2cccc(OCc3c(Cl)ccc(S(=O)(=O)NC4CCCC4C(=O)N4CCN(C(=O)C[C@@H](N)CCCN=C(N)N)CC4)c3Cl)c2n1.O=C(O)C(F)(F)F.O=C(O)C(F)(F)F.O=C(O)C(F)(F)F. The Morgan fingerprint density at radius 3 is 1.90 bits per heavy atom. The Bertz CT molecular complexity index is 2490. The van der Waals surface area contributed by atoms with Crippen LogP contribution < -0.4 is 26.7 Å². The summed E-state index contributed by atoms with van der Waals surface area (Å²) in [5, 5.41) is 22.5. The van der Waals surface area contributed by atoms with Crippen molar-refractivity contribution >= 4 is 79.8 Å². The van der Waals surface area contributed by atoms with E-state index in [1.165, 1.54) is 12.1 Å². The lowest BCUT2D eigenvalue weighted by molar-refractivity contribution is -0.193. The Balaban J connectivity index is 0.000000705. The van der Waals surface area contributed by atoms with E-state index in [2.05, 4.69) is 14.7 Å². The second-order valence-corrected chi connectivity index (χ2v) is 18.1. The molecule has 402 valence electrons. The molecule has 3 atom stereocenters. The van der Waals surface area contributed by atoms with Gasteiger partial charge in [-0.05, 0) is 69.4 Å². The molecule has 2 unspecified atom stereocenters. The summed E-state index contributed by atoms with van der Waals surface area (Å²) >= 11 is 13.2. The fourth-order valence-electron chi connectivity index (χ4n) is 6.83. The van der Waals surface area contributed by atoms with E-state index in [4.69, 9.17) is 74.8 Å². The van der Waals surface area contributed by atoms with Gasteiger partial charge in [-0.3, -0.25) is 14.6 Å². The van der Waals surface area contributed by atoms with Gasteiger partial charge in [-0.1, -0.05) is 41.8 Å².